The van der Waals surface area contributed by atoms with Gasteiger partial charge in [-0.2, -0.15) is 0 Å². The quantitative estimate of drug-likeness (QED) is 0.572. The molecule has 196 valence electrons. The average molecular weight is 505 g/mol. The van der Waals surface area contributed by atoms with E-state index in [1.165, 1.54) is 29.2 Å². The number of carbonyl (C=O) groups is 1. The topological polar surface area (TPSA) is 53.0 Å². The Labute approximate surface area is 210 Å². The van der Waals surface area contributed by atoms with Crippen LogP contribution in [0.4, 0.5) is 13.2 Å². The number of carbonyl (C=O) groups excluding carboxylic acids is 1. The molecule has 1 amide bonds. The molecule has 2 heterocycles. The first-order chi connectivity index (χ1) is 17.1. The van der Waals surface area contributed by atoms with Crippen LogP contribution in [0, 0.1) is 17.6 Å². The minimum Gasteiger partial charge on any atom is -0.493 e. The third kappa shape index (κ3) is 6.79. The maximum absolute atomic E-state index is 14.9. The van der Waals surface area contributed by atoms with Crippen molar-refractivity contribution in [1.82, 2.24) is 9.80 Å². The number of rotatable bonds is 7. The first kappa shape index (κ1) is 26.5. The lowest BCUT2D eigenvalue weighted by Crippen LogP contribution is -2.42. The lowest BCUT2D eigenvalue weighted by molar-refractivity contribution is 0.0473. The molecular weight excluding hydrogens is 469 g/mol. The number of halogens is 3. The molecule has 0 bridgehead atoms. The molecule has 2 aromatic rings. The fourth-order valence-corrected chi connectivity index (χ4v) is 5.05. The second-order valence-electron chi connectivity index (χ2n) is 10.6. The van der Waals surface area contributed by atoms with Crippen LogP contribution in [-0.4, -0.2) is 71.9 Å². The number of aliphatic hydroxyl groups excluding tert-OH is 1. The SMILES string of the molecule is CC(C)(F)CN1CCC(COc2ccc(-c3ccc(C(=O)N4CCC[C@H](O)C4)cc3F)c(F)c2)CC1. The van der Waals surface area contributed by atoms with Gasteiger partial charge in [-0.3, -0.25) is 4.79 Å². The van der Waals surface area contributed by atoms with E-state index in [1.807, 2.05) is 0 Å². The molecule has 0 aliphatic carbocycles. The third-order valence-corrected chi connectivity index (χ3v) is 6.92. The van der Waals surface area contributed by atoms with Crippen molar-refractivity contribution in [1.29, 1.82) is 0 Å². The zero-order valence-electron chi connectivity index (χ0n) is 21.0. The van der Waals surface area contributed by atoms with E-state index < -0.39 is 23.4 Å². The molecule has 1 atom stereocenters. The second kappa shape index (κ2) is 11.2. The highest BCUT2D eigenvalue weighted by atomic mass is 19.1. The zero-order chi connectivity index (χ0) is 25.9. The lowest BCUT2D eigenvalue weighted by atomic mass is 9.96. The van der Waals surface area contributed by atoms with Crippen LogP contribution in [0.1, 0.15) is 49.9 Å². The molecule has 2 aliphatic heterocycles. The lowest BCUT2D eigenvalue weighted by Gasteiger charge is -2.34. The van der Waals surface area contributed by atoms with E-state index >= 15 is 0 Å². The Morgan fingerprint density at radius 2 is 1.69 bits per heavy atom. The number of nitrogens with zero attached hydrogens (tertiary/aromatic N) is 2. The fraction of sp³-hybridized carbons (Fsp3) is 0.536. The van der Waals surface area contributed by atoms with Crippen LogP contribution in [0.15, 0.2) is 36.4 Å². The van der Waals surface area contributed by atoms with Crippen molar-refractivity contribution in [3.63, 3.8) is 0 Å². The number of aliphatic hydroxyl groups is 1. The van der Waals surface area contributed by atoms with Gasteiger partial charge in [0.05, 0.1) is 12.7 Å². The number of hydrogen-bond acceptors (Lipinski definition) is 4. The summed E-state index contributed by atoms with van der Waals surface area (Å²) >= 11 is 0. The van der Waals surface area contributed by atoms with Gasteiger partial charge in [0.1, 0.15) is 23.1 Å². The molecule has 5 nitrogen and oxygen atoms in total. The average Bonchev–Trinajstić information content (AvgIpc) is 2.82. The number of hydrogen-bond donors (Lipinski definition) is 1. The number of β-amino-alcohol motifs (C(OH)–C–C–N with tert-alkyl or cyclic N) is 1. The summed E-state index contributed by atoms with van der Waals surface area (Å²) in [4.78, 5) is 16.3. The van der Waals surface area contributed by atoms with E-state index in [9.17, 15) is 23.1 Å². The molecule has 0 spiro atoms. The summed E-state index contributed by atoms with van der Waals surface area (Å²) in [5.41, 5.74) is -0.881. The monoisotopic (exact) mass is 504 g/mol. The van der Waals surface area contributed by atoms with E-state index in [1.54, 1.807) is 19.9 Å². The summed E-state index contributed by atoms with van der Waals surface area (Å²) < 4.78 is 49.5. The summed E-state index contributed by atoms with van der Waals surface area (Å²) in [5.74, 6) is -0.948. The molecule has 8 heteroatoms. The first-order valence-corrected chi connectivity index (χ1v) is 12.7. The van der Waals surface area contributed by atoms with E-state index in [4.69, 9.17) is 4.74 Å². The number of likely N-dealkylation sites (tertiary alicyclic amines) is 2. The van der Waals surface area contributed by atoms with Crippen molar-refractivity contribution in [2.24, 2.45) is 5.92 Å². The van der Waals surface area contributed by atoms with Gasteiger partial charge in [0.15, 0.2) is 0 Å². The van der Waals surface area contributed by atoms with Crippen LogP contribution < -0.4 is 4.74 Å². The van der Waals surface area contributed by atoms with Crippen LogP contribution in [0.3, 0.4) is 0 Å². The van der Waals surface area contributed by atoms with Gasteiger partial charge in [-0.25, -0.2) is 13.2 Å². The van der Waals surface area contributed by atoms with Crippen molar-refractivity contribution in [2.75, 3.05) is 39.3 Å². The minimum atomic E-state index is -1.21. The van der Waals surface area contributed by atoms with Gasteiger partial charge in [-0.1, -0.05) is 6.07 Å². The Morgan fingerprint density at radius 3 is 2.31 bits per heavy atom. The maximum atomic E-state index is 14.9. The zero-order valence-corrected chi connectivity index (χ0v) is 21.0. The van der Waals surface area contributed by atoms with Crippen molar-refractivity contribution in [3.8, 4) is 16.9 Å². The van der Waals surface area contributed by atoms with E-state index in [0.717, 1.165) is 32.0 Å². The maximum Gasteiger partial charge on any atom is 0.254 e. The number of benzene rings is 2. The van der Waals surface area contributed by atoms with Gasteiger partial charge in [0, 0.05) is 42.4 Å². The molecule has 2 fully saturated rings. The van der Waals surface area contributed by atoms with Gasteiger partial charge in [0.2, 0.25) is 0 Å². The number of alkyl halides is 1. The molecule has 0 aromatic heterocycles. The Morgan fingerprint density at radius 1 is 1.03 bits per heavy atom. The summed E-state index contributed by atoms with van der Waals surface area (Å²) in [6.45, 7) is 6.40. The fourth-order valence-electron chi connectivity index (χ4n) is 5.05. The minimum absolute atomic E-state index is 0.0671. The highest BCUT2D eigenvalue weighted by Crippen LogP contribution is 2.30. The molecule has 2 saturated heterocycles. The summed E-state index contributed by atoms with van der Waals surface area (Å²) in [5, 5.41) is 9.80. The normalized spacial score (nSPS) is 19.9. The van der Waals surface area contributed by atoms with E-state index in [-0.39, 0.29) is 29.1 Å². The molecule has 4 rings (SSSR count). The van der Waals surface area contributed by atoms with E-state index in [2.05, 4.69) is 4.90 Å². The van der Waals surface area contributed by atoms with Crippen LogP contribution >= 0.6 is 0 Å². The van der Waals surface area contributed by atoms with Gasteiger partial charge in [0.25, 0.3) is 5.91 Å². The molecule has 0 saturated carbocycles. The number of piperidine rings is 2. The standard InChI is InChI=1S/C28H35F3N2O3/c1-28(2,31)18-32-12-9-19(10-13-32)17-36-22-6-8-24(26(30)15-22)23-7-5-20(14-25(23)29)27(35)33-11-3-4-21(34)16-33/h5-8,14-15,19,21,34H,3-4,9-13,16-18H2,1-2H3/t21-/m0/s1. The molecule has 2 aliphatic rings. The largest absolute Gasteiger partial charge is 0.493 e. The van der Waals surface area contributed by atoms with E-state index in [0.29, 0.717) is 44.2 Å². The summed E-state index contributed by atoms with van der Waals surface area (Å²) in [6, 6.07) is 8.38. The third-order valence-electron chi connectivity index (χ3n) is 6.92. The van der Waals surface area contributed by atoms with Crippen molar-refractivity contribution in [2.45, 2.75) is 51.3 Å². The van der Waals surface area contributed by atoms with Crippen molar-refractivity contribution < 1.29 is 27.8 Å². The van der Waals surface area contributed by atoms with Gasteiger partial charge < -0.3 is 19.6 Å². The molecular formula is C28H35F3N2O3. The smallest absolute Gasteiger partial charge is 0.254 e. The second-order valence-corrected chi connectivity index (χ2v) is 10.6. The van der Waals surface area contributed by atoms with Crippen molar-refractivity contribution >= 4 is 5.91 Å². The van der Waals surface area contributed by atoms with Crippen molar-refractivity contribution in [3.05, 3.63) is 53.6 Å². The first-order valence-electron chi connectivity index (χ1n) is 12.7. The van der Waals surface area contributed by atoms with Crippen LogP contribution in [0.25, 0.3) is 11.1 Å². The molecule has 0 unspecified atom stereocenters. The Kier molecular flexibility index (Phi) is 8.25. The van der Waals surface area contributed by atoms with Crippen LogP contribution in [0.5, 0.6) is 5.75 Å². The molecule has 0 radical (unpaired) electrons. The molecule has 36 heavy (non-hydrogen) atoms. The Balaban J connectivity index is 1.35. The van der Waals surface area contributed by atoms with Crippen LogP contribution in [-0.2, 0) is 0 Å². The molecule has 2 aromatic carbocycles. The van der Waals surface area contributed by atoms with Gasteiger partial charge in [-0.05, 0) is 82.8 Å². The van der Waals surface area contributed by atoms with Gasteiger partial charge in [-0.15, -0.1) is 0 Å². The predicted octanol–water partition coefficient (Wildman–Crippen LogP) is 5.07. The highest BCUT2D eigenvalue weighted by Gasteiger charge is 2.26. The highest BCUT2D eigenvalue weighted by molar-refractivity contribution is 5.95. The molecule has 1 N–H and O–H groups in total. The predicted molar refractivity (Wildman–Crippen MR) is 133 cm³/mol. The Hall–Kier alpha value is -2.58. The number of amides is 1. The summed E-state index contributed by atoms with van der Waals surface area (Å²) in [7, 11) is 0. The summed E-state index contributed by atoms with van der Waals surface area (Å²) in [6.07, 6.45) is 2.56. The van der Waals surface area contributed by atoms with Crippen LogP contribution in [0.2, 0.25) is 0 Å². The Bertz CT molecular complexity index is 1060. The number of ether oxygens (including phenoxy) is 1. The van der Waals surface area contributed by atoms with Gasteiger partial charge >= 0.3 is 0 Å².